The molecule has 0 spiro atoms. The van der Waals surface area contributed by atoms with Crippen molar-refractivity contribution in [1.29, 1.82) is 0 Å². The van der Waals surface area contributed by atoms with Gasteiger partial charge in [0.25, 0.3) is 0 Å². The summed E-state index contributed by atoms with van der Waals surface area (Å²) in [6, 6.07) is 23.3. The van der Waals surface area contributed by atoms with Crippen LogP contribution >= 0.6 is 11.8 Å². The first-order valence-corrected chi connectivity index (χ1v) is 9.82. The summed E-state index contributed by atoms with van der Waals surface area (Å²) in [7, 11) is 1.63. The van der Waals surface area contributed by atoms with Crippen LogP contribution in [-0.4, -0.2) is 28.7 Å². The van der Waals surface area contributed by atoms with Crippen molar-refractivity contribution in [3.8, 4) is 17.1 Å². The number of aromatic nitrogens is 2. The van der Waals surface area contributed by atoms with E-state index in [0.717, 1.165) is 38.8 Å². The van der Waals surface area contributed by atoms with Crippen LogP contribution in [0.2, 0.25) is 0 Å². The number of fused-ring (bicyclic) bond motifs is 1. The van der Waals surface area contributed by atoms with Crippen molar-refractivity contribution in [3.05, 3.63) is 72.8 Å². The van der Waals surface area contributed by atoms with Crippen LogP contribution in [0.3, 0.4) is 0 Å². The third kappa shape index (κ3) is 4.18. The number of hydrogen-bond donors (Lipinski definition) is 2. The van der Waals surface area contributed by atoms with Gasteiger partial charge in [0, 0.05) is 16.1 Å². The molecule has 0 aliphatic carbocycles. The summed E-state index contributed by atoms with van der Waals surface area (Å²) >= 11 is 1.49. The summed E-state index contributed by atoms with van der Waals surface area (Å²) in [6.45, 7) is 0. The van der Waals surface area contributed by atoms with Gasteiger partial charge in [-0.3, -0.25) is 4.79 Å². The highest BCUT2D eigenvalue weighted by molar-refractivity contribution is 8.00. The van der Waals surface area contributed by atoms with Gasteiger partial charge in [0.1, 0.15) is 11.6 Å². The second kappa shape index (κ2) is 8.19. The summed E-state index contributed by atoms with van der Waals surface area (Å²) in [5.74, 6) is 1.92. The highest BCUT2D eigenvalue weighted by atomic mass is 32.2. The number of amides is 1. The zero-order valence-corrected chi connectivity index (χ0v) is 16.1. The molecule has 1 amide bonds. The molecule has 6 heteroatoms. The molecule has 5 nitrogen and oxygen atoms in total. The standard InChI is InChI=1S/C22H19N3O2S/c1-27-17-10-12-18(13-11-17)28-14-21(26)23-16-8-6-15(7-9-16)22-24-19-4-2-3-5-20(19)25-22/h2-13H,14H2,1H3,(H,23,26)(H,24,25). The summed E-state index contributed by atoms with van der Waals surface area (Å²) < 4.78 is 5.14. The zero-order valence-electron chi connectivity index (χ0n) is 15.3. The molecule has 0 fully saturated rings. The number of carbonyl (C=O) groups is 1. The third-order valence-electron chi connectivity index (χ3n) is 4.26. The van der Waals surface area contributed by atoms with E-state index in [0.29, 0.717) is 5.75 Å². The van der Waals surface area contributed by atoms with Crippen molar-refractivity contribution >= 4 is 34.4 Å². The number of benzene rings is 3. The van der Waals surface area contributed by atoms with Gasteiger partial charge in [-0.2, -0.15) is 0 Å². The molecular weight excluding hydrogens is 370 g/mol. The molecule has 0 bridgehead atoms. The first kappa shape index (κ1) is 18.1. The van der Waals surface area contributed by atoms with Gasteiger partial charge < -0.3 is 15.0 Å². The van der Waals surface area contributed by atoms with Crippen LogP contribution in [0.15, 0.2) is 77.7 Å². The monoisotopic (exact) mass is 389 g/mol. The summed E-state index contributed by atoms with van der Waals surface area (Å²) in [5, 5.41) is 2.92. The van der Waals surface area contributed by atoms with Gasteiger partial charge in [-0.1, -0.05) is 12.1 Å². The third-order valence-corrected chi connectivity index (χ3v) is 5.27. The Morgan fingerprint density at radius 2 is 1.79 bits per heavy atom. The molecule has 0 saturated heterocycles. The lowest BCUT2D eigenvalue weighted by molar-refractivity contribution is -0.113. The van der Waals surface area contributed by atoms with Crippen molar-refractivity contribution in [2.75, 3.05) is 18.2 Å². The SMILES string of the molecule is COc1ccc(SCC(=O)Nc2ccc(-c3nc4ccccc4[nH]3)cc2)cc1. The normalized spacial score (nSPS) is 10.8. The van der Waals surface area contributed by atoms with E-state index in [2.05, 4.69) is 15.3 Å². The summed E-state index contributed by atoms with van der Waals surface area (Å²) in [4.78, 5) is 21.1. The highest BCUT2D eigenvalue weighted by Crippen LogP contribution is 2.23. The summed E-state index contributed by atoms with van der Waals surface area (Å²) in [6.07, 6.45) is 0. The number of hydrogen-bond acceptors (Lipinski definition) is 4. The van der Waals surface area contributed by atoms with Gasteiger partial charge in [-0.25, -0.2) is 4.98 Å². The van der Waals surface area contributed by atoms with Crippen LogP contribution in [0.1, 0.15) is 0 Å². The largest absolute Gasteiger partial charge is 0.497 e. The van der Waals surface area contributed by atoms with E-state index >= 15 is 0 Å². The lowest BCUT2D eigenvalue weighted by atomic mass is 10.2. The van der Waals surface area contributed by atoms with Crippen molar-refractivity contribution in [2.45, 2.75) is 4.90 Å². The molecule has 0 unspecified atom stereocenters. The smallest absolute Gasteiger partial charge is 0.234 e. The van der Waals surface area contributed by atoms with Crippen molar-refractivity contribution in [2.24, 2.45) is 0 Å². The van der Waals surface area contributed by atoms with Gasteiger partial charge in [0.05, 0.1) is 23.9 Å². The molecule has 0 aliphatic heterocycles. The number of para-hydroxylation sites is 2. The number of imidazole rings is 1. The first-order valence-electron chi connectivity index (χ1n) is 8.83. The van der Waals surface area contributed by atoms with Crippen LogP contribution in [0.4, 0.5) is 5.69 Å². The Kier molecular flexibility index (Phi) is 5.30. The molecule has 28 heavy (non-hydrogen) atoms. The Hall–Kier alpha value is -3.25. The minimum absolute atomic E-state index is 0.0442. The fourth-order valence-corrected chi connectivity index (χ4v) is 3.52. The van der Waals surface area contributed by atoms with Crippen LogP contribution in [0, 0.1) is 0 Å². The number of aromatic amines is 1. The molecule has 2 N–H and O–H groups in total. The average Bonchev–Trinajstić information content (AvgIpc) is 3.17. The molecule has 0 radical (unpaired) electrons. The number of carbonyl (C=O) groups excluding carboxylic acids is 1. The van der Waals surface area contributed by atoms with Gasteiger partial charge in [-0.15, -0.1) is 11.8 Å². The quantitative estimate of drug-likeness (QED) is 0.457. The zero-order chi connectivity index (χ0) is 19.3. The van der Waals surface area contributed by atoms with Gasteiger partial charge in [0.2, 0.25) is 5.91 Å². The molecule has 0 atom stereocenters. The summed E-state index contributed by atoms with van der Waals surface area (Å²) in [5.41, 5.74) is 3.68. The fourth-order valence-electron chi connectivity index (χ4n) is 2.82. The molecule has 0 saturated carbocycles. The Balaban J connectivity index is 1.36. The number of thioether (sulfide) groups is 1. The van der Waals surface area contributed by atoms with E-state index < -0.39 is 0 Å². The van der Waals surface area contributed by atoms with E-state index in [1.54, 1.807) is 7.11 Å². The Morgan fingerprint density at radius 1 is 1.04 bits per heavy atom. The topological polar surface area (TPSA) is 67.0 Å². The van der Waals surface area contributed by atoms with E-state index in [9.17, 15) is 4.79 Å². The number of anilines is 1. The van der Waals surface area contributed by atoms with Gasteiger partial charge in [-0.05, 0) is 60.7 Å². The van der Waals surface area contributed by atoms with E-state index in [4.69, 9.17) is 4.74 Å². The number of rotatable bonds is 6. The Morgan fingerprint density at radius 3 is 2.50 bits per heavy atom. The number of ether oxygens (including phenoxy) is 1. The number of nitrogens with one attached hydrogen (secondary N) is 2. The molecular formula is C22H19N3O2S. The van der Waals surface area contributed by atoms with Crippen LogP contribution in [0.5, 0.6) is 5.75 Å². The average molecular weight is 389 g/mol. The second-order valence-corrected chi connectivity index (χ2v) is 7.24. The number of nitrogens with zero attached hydrogens (tertiary/aromatic N) is 1. The maximum absolute atomic E-state index is 12.2. The molecule has 140 valence electrons. The van der Waals surface area contributed by atoms with Crippen LogP contribution < -0.4 is 10.1 Å². The van der Waals surface area contributed by atoms with Gasteiger partial charge >= 0.3 is 0 Å². The molecule has 3 aromatic carbocycles. The number of methoxy groups -OCH3 is 1. The maximum Gasteiger partial charge on any atom is 0.234 e. The van der Waals surface area contributed by atoms with E-state index in [1.807, 2.05) is 72.8 Å². The molecule has 1 heterocycles. The maximum atomic E-state index is 12.2. The predicted molar refractivity (Wildman–Crippen MR) is 114 cm³/mol. The fraction of sp³-hybridized carbons (Fsp3) is 0.0909. The molecule has 1 aromatic heterocycles. The molecule has 4 rings (SSSR count). The highest BCUT2D eigenvalue weighted by Gasteiger charge is 2.07. The Labute approximate surface area is 167 Å². The van der Waals surface area contributed by atoms with Gasteiger partial charge in [0.15, 0.2) is 0 Å². The lowest BCUT2D eigenvalue weighted by Crippen LogP contribution is -2.13. The van der Waals surface area contributed by atoms with Crippen LogP contribution in [0.25, 0.3) is 22.4 Å². The molecule has 0 aliphatic rings. The van der Waals surface area contributed by atoms with Crippen molar-refractivity contribution in [3.63, 3.8) is 0 Å². The Bertz CT molecular complexity index is 1060. The van der Waals surface area contributed by atoms with E-state index in [1.165, 1.54) is 11.8 Å². The predicted octanol–water partition coefficient (Wildman–Crippen LogP) is 4.97. The second-order valence-electron chi connectivity index (χ2n) is 6.19. The molecule has 4 aromatic rings. The minimum atomic E-state index is -0.0442. The number of H-pyrrole nitrogens is 1. The minimum Gasteiger partial charge on any atom is -0.497 e. The van der Waals surface area contributed by atoms with E-state index in [-0.39, 0.29) is 5.91 Å². The lowest BCUT2D eigenvalue weighted by Gasteiger charge is -2.06. The first-order chi connectivity index (χ1) is 13.7. The van der Waals surface area contributed by atoms with Crippen molar-refractivity contribution in [1.82, 2.24) is 9.97 Å². The van der Waals surface area contributed by atoms with Crippen LogP contribution in [-0.2, 0) is 4.79 Å². The van der Waals surface area contributed by atoms with Crippen molar-refractivity contribution < 1.29 is 9.53 Å².